The lowest BCUT2D eigenvalue weighted by atomic mass is 10.1. The SMILES string of the molecule is CC(C)(C)NP1OCCO1. The standard InChI is InChI=1S/C6H14NO2P/c1-6(2,3)7-10-8-4-5-9-10/h7H,4-5H2,1-3H3. The minimum absolute atomic E-state index is 0.0933. The molecule has 0 aromatic rings. The van der Waals surface area contributed by atoms with Crippen LogP contribution in [0.2, 0.25) is 0 Å². The first kappa shape index (κ1) is 8.41. The summed E-state index contributed by atoms with van der Waals surface area (Å²) < 4.78 is 10.5. The van der Waals surface area contributed by atoms with Crippen molar-refractivity contribution in [1.82, 2.24) is 5.09 Å². The number of hydrogen-bond acceptors (Lipinski definition) is 3. The van der Waals surface area contributed by atoms with Gasteiger partial charge < -0.3 is 9.05 Å². The molecule has 0 radical (unpaired) electrons. The smallest absolute Gasteiger partial charge is 0.256 e. The van der Waals surface area contributed by atoms with Gasteiger partial charge in [-0.05, 0) is 20.8 Å². The topological polar surface area (TPSA) is 30.5 Å². The third kappa shape index (κ3) is 2.93. The molecule has 1 rings (SSSR count). The van der Waals surface area contributed by atoms with Crippen LogP contribution in [0.15, 0.2) is 0 Å². The summed E-state index contributed by atoms with van der Waals surface area (Å²) in [5.74, 6) is 0. The van der Waals surface area contributed by atoms with Crippen molar-refractivity contribution < 1.29 is 9.05 Å². The molecule has 1 N–H and O–H groups in total. The number of nitrogens with one attached hydrogen (secondary N) is 1. The summed E-state index contributed by atoms with van der Waals surface area (Å²) in [6.07, 6.45) is 0. The van der Waals surface area contributed by atoms with Crippen LogP contribution in [0.1, 0.15) is 20.8 Å². The minimum atomic E-state index is -0.783. The van der Waals surface area contributed by atoms with E-state index in [0.717, 1.165) is 13.2 Å². The van der Waals surface area contributed by atoms with Crippen LogP contribution in [0.3, 0.4) is 0 Å². The third-order valence-electron chi connectivity index (χ3n) is 0.927. The monoisotopic (exact) mass is 163 g/mol. The maximum atomic E-state index is 5.26. The summed E-state index contributed by atoms with van der Waals surface area (Å²) >= 11 is 0. The summed E-state index contributed by atoms with van der Waals surface area (Å²) in [6.45, 7) is 7.75. The fourth-order valence-corrected chi connectivity index (χ4v) is 1.85. The predicted octanol–water partition coefficient (Wildman–Crippen LogP) is 1.65. The van der Waals surface area contributed by atoms with Crippen molar-refractivity contribution in [2.24, 2.45) is 0 Å². The molecule has 0 saturated carbocycles. The van der Waals surface area contributed by atoms with Crippen molar-refractivity contribution in [3.05, 3.63) is 0 Å². The van der Waals surface area contributed by atoms with Gasteiger partial charge in [-0.15, -0.1) is 0 Å². The van der Waals surface area contributed by atoms with Gasteiger partial charge >= 0.3 is 0 Å². The molecule has 0 spiro atoms. The van der Waals surface area contributed by atoms with Crippen LogP contribution in [-0.2, 0) is 9.05 Å². The average molecular weight is 163 g/mol. The lowest BCUT2D eigenvalue weighted by molar-refractivity contribution is 0.365. The van der Waals surface area contributed by atoms with Gasteiger partial charge in [0.15, 0.2) is 0 Å². The van der Waals surface area contributed by atoms with Crippen molar-refractivity contribution in [1.29, 1.82) is 0 Å². The Morgan fingerprint density at radius 1 is 1.20 bits per heavy atom. The maximum absolute atomic E-state index is 5.26. The molecule has 0 aromatic carbocycles. The quantitative estimate of drug-likeness (QED) is 0.596. The Bertz CT molecular complexity index is 107. The Morgan fingerprint density at radius 2 is 1.70 bits per heavy atom. The molecule has 0 bridgehead atoms. The molecule has 4 heteroatoms. The molecule has 0 amide bonds. The van der Waals surface area contributed by atoms with Crippen molar-refractivity contribution in [3.63, 3.8) is 0 Å². The highest BCUT2D eigenvalue weighted by Crippen LogP contribution is 2.39. The second-order valence-corrected chi connectivity index (χ2v) is 4.54. The zero-order valence-corrected chi connectivity index (χ0v) is 7.57. The third-order valence-corrected chi connectivity index (χ3v) is 2.61. The van der Waals surface area contributed by atoms with Crippen LogP contribution in [-0.4, -0.2) is 18.8 Å². The van der Waals surface area contributed by atoms with Crippen LogP contribution < -0.4 is 5.09 Å². The lowest BCUT2D eigenvalue weighted by Crippen LogP contribution is -2.31. The van der Waals surface area contributed by atoms with Crippen molar-refractivity contribution in [3.8, 4) is 0 Å². The van der Waals surface area contributed by atoms with E-state index in [1.807, 2.05) is 0 Å². The molecule has 1 aliphatic heterocycles. The van der Waals surface area contributed by atoms with Gasteiger partial charge in [0.05, 0.1) is 13.2 Å². The molecule has 60 valence electrons. The molecule has 1 saturated heterocycles. The Hall–Kier alpha value is 0.310. The van der Waals surface area contributed by atoms with Crippen LogP contribution in [0.4, 0.5) is 0 Å². The summed E-state index contributed by atoms with van der Waals surface area (Å²) in [5.41, 5.74) is 0.0933. The molecule has 0 aromatic heterocycles. The zero-order chi connectivity index (χ0) is 7.61. The fourth-order valence-electron chi connectivity index (χ4n) is 0.616. The largest absolute Gasteiger partial charge is 0.320 e. The second-order valence-electron chi connectivity index (χ2n) is 3.29. The van der Waals surface area contributed by atoms with Crippen molar-refractivity contribution >= 4 is 8.53 Å². The number of rotatable bonds is 1. The molecule has 1 fully saturated rings. The van der Waals surface area contributed by atoms with E-state index in [9.17, 15) is 0 Å². The summed E-state index contributed by atoms with van der Waals surface area (Å²) in [7, 11) is -0.783. The van der Waals surface area contributed by atoms with E-state index < -0.39 is 8.53 Å². The second kappa shape index (κ2) is 3.14. The average Bonchev–Trinajstić information content (AvgIpc) is 2.12. The van der Waals surface area contributed by atoms with Crippen LogP contribution in [0.25, 0.3) is 0 Å². The molecule has 0 aliphatic carbocycles. The Kier molecular flexibility index (Phi) is 2.64. The van der Waals surface area contributed by atoms with E-state index in [4.69, 9.17) is 9.05 Å². The van der Waals surface area contributed by atoms with Gasteiger partial charge in [-0.25, -0.2) is 5.09 Å². The van der Waals surface area contributed by atoms with E-state index >= 15 is 0 Å². The number of hydrogen-bond donors (Lipinski definition) is 1. The van der Waals surface area contributed by atoms with E-state index in [1.165, 1.54) is 0 Å². The molecule has 1 aliphatic rings. The highest BCUT2D eigenvalue weighted by Gasteiger charge is 2.22. The molecule has 3 nitrogen and oxygen atoms in total. The van der Waals surface area contributed by atoms with Gasteiger partial charge in [0.25, 0.3) is 8.53 Å². The Morgan fingerprint density at radius 3 is 2.10 bits per heavy atom. The first-order valence-corrected chi connectivity index (χ1v) is 4.59. The highest BCUT2D eigenvalue weighted by atomic mass is 31.2. The van der Waals surface area contributed by atoms with Gasteiger partial charge in [0, 0.05) is 5.54 Å². The van der Waals surface area contributed by atoms with Gasteiger partial charge in [-0.1, -0.05) is 0 Å². The van der Waals surface area contributed by atoms with Crippen molar-refractivity contribution in [2.45, 2.75) is 26.3 Å². The van der Waals surface area contributed by atoms with E-state index in [-0.39, 0.29) is 5.54 Å². The molecular formula is C6H14NO2P. The van der Waals surface area contributed by atoms with Gasteiger partial charge in [-0.2, -0.15) is 0 Å². The minimum Gasteiger partial charge on any atom is -0.320 e. The normalized spacial score (nSPS) is 21.9. The van der Waals surface area contributed by atoms with Crippen LogP contribution >= 0.6 is 8.53 Å². The summed E-state index contributed by atoms with van der Waals surface area (Å²) in [5, 5.41) is 3.24. The van der Waals surface area contributed by atoms with Crippen LogP contribution in [0, 0.1) is 0 Å². The van der Waals surface area contributed by atoms with Gasteiger partial charge in [0.1, 0.15) is 0 Å². The Balaban J connectivity index is 2.24. The highest BCUT2D eigenvalue weighted by molar-refractivity contribution is 7.45. The molecule has 0 unspecified atom stereocenters. The molecular weight excluding hydrogens is 149 g/mol. The summed E-state index contributed by atoms with van der Waals surface area (Å²) in [6, 6.07) is 0. The first-order valence-electron chi connectivity index (χ1n) is 3.42. The Labute approximate surface area is 63.1 Å². The van der Waals surface area contributed by atoms with E-state index in [0.29, 0.717) is 0 Å². The maximum Gasteiger partial charge on any atom is 0.256 e. The van der Waals surface area contributed by atoms with Gasteiger partial charge in [0.2, 0.25) is 0 Å². The van der Waals surface area contributed by atoms with Crippen LogP contribution in [0.5, 0.6) is 0 Å². The van der Waals surface area contributed by atoms with Gasteiger partial charge in [-0.3, -0.25) is 0 Å². The zero-order valence-electron chi connectivity index (χ0n) is 6.68. The fraction of sp³-hybridized carbons (Fsp3) is 1.00. The van der Waals surface area contributed by atoms with E-state index in [2.05, 4.69) is 25.9 Å². The lowest BCUT2D eigenvalue weighted by Gasteiger charge is -2.22. The first-order chi connectivity index (χ1) is 4.58. The molecule has 0 atom stereocenters. The predicted molar refractivity (Wildman–Crippen MR) is 41.7 cm³/mol. The molecule has 1 heterocycles. The molecule has 10 heavy (non-hydrogen) atoms. The van der Waals surface area contributed by atoms with E-state index in [1.54, 1.807) is 0 Å². The summed E-state index contributed by atoms with van der Waals surface area (Å²) in [4.78, 5) is 0. The van der Waals surface area contributed by atoms with Crippen molar-refractivity contribution in [2.75, 3.05) is 13.2 Å².